The van der Waals surface area contributed by atoms with Crippen LogP contribution in [0.2, 0.25) is 5.02 Å². The van der Waals surface area contributed by atoms with Gasteiger partial charge >= 0.3 is 6.03 Å². The van der Waals surface area contributed by atoms with E-state index in [0.29, 0.717) is 11.6 Å². The van der Waals surface area contributed by atoms with Crippen molar-refractivity contribution in [3.05, 3.63) is 70.9 Å². The Bertz CT molecular complexity index is 1110. The summed E-state index contributed by atoms with van der Waals surface area (Å²) < 4.78 is 0. The van der Waals surface area contributed by atoms with Crippen LogP contribution in [0.5, 0.6) is 0 Å². The third-order valence-corrected chi connectivity index (χ3v) is 5.64. The molecular formula is C22H21ClN4O3. The number of rotatable bonds is 7. The fraction of sp³-hybridized carbons (Fsp3) is 0.227. The molecule has 2 heterocycles. The zero-order valence-corrected chi connectivity index (χ0v) is 16.8. The second-order valence-electron chi connectivity index (χ2n) is 7.22. The van der Waals surface area contributed by atoms with Crippen molar-refractivity contribution in [1.82, 2.24) is 20.9 Å². The van der Waals surface area contributed by atoms with Gasteiger partial charge in [-0.1, -0.05) is 48.0 Å². The molecular weight excluding hydrogens is 404 g/mol. The number of halogens is 1. The molecule has 2 atom stereocenters. The second-order valence-corrected chi connectivity index (χ2v) is 7.63. The summed E-state index contributed by atoms with van der Waals surface area (Å²) >= 11 is 6.47. The highest BCUT2D eigenvalue weighted by atomic mass is 35.5. The Balaban J connectivity index is 1.50. The number of benzene rings is 2. The maximum atomic E-state index is 12.4. The van der Waals surface area contributed by atoms with Gasteiger partial charge in [-0.05, 0) is 29.7 Å². The molecule has 2 aromatic carbocycles. The number of H-pyrrole nitrogens is 1. The van der Waals surface area contributed by atoms with E-state index >= 15 is 0 Å². The summed E-state index contributed by atoms with van der Waals surface area (Å²) in [5, 5.41) is 9.32. The maximum absolute atomic E-state index is 12.4. The first-order valence-electron chi connectivity index (χ1n) is 9.71. The van der Waals surface area contributed by atoms with Gasteiger partial charge in [0.15, 0.2) is 0 Å². The largest absolute Gasteiger partial charge is 0.361 e. The van der Waals surface area contributed by atoms with Gasteiger partial charge in [0.1, 0.15) is 6.04 Å². The van der Waals surface area contributed by atoms with Gasteiger partial charge in [0.25, 0.3) is 5.91 Å². The van der Waals surface area contributed by atoms with Crippen LogP contribution >= 0.6 is 11.6 Å². The van der Waals surface area contributed by atoms with Crippen molar-refractivity contribution in [2.75, 3.05) is 6.54 Å². The van der Waals surface area contributed by atoms with E-state index in [1.54, 1.807) is 0 Å². The molecule has 4 N–H and O–H groups in total. The van der Waals surface area contributed by atoms with E-state index in [1.165, 1.54) is 0 Å². The van der Waals surface area contributed by atoms with E-state index in [0.717, 1.165) is 22.0 Å². The maximum Gasteiger partial charge on any atom is 0.322 e. The Kier molecular flexibility index (Phi) is 5.72. The van der Waals surface area contributed by atoms with Crippen LogP contribution in [0.15, 0.2) is 54.7 Å². The Morgan fingerprint density at radius 3 is 2.60 bits per heavy atom. The molecule has 1 aliphatic rings. The number of carbonyl (C=O) groups excluding carboxylic acids is 3. The SMILES string of the molecule is O=C(CC[C@@H]1NC(=O)NC1=O)NC[C@H](c1ccccc1Cl)c1c[nH]c2ccccc12. The zero-order valence-electron chi connectivity index (χ0n) is 16.1. The minimum Gasteiger partial charge on any atom is -0.361 e. The molecule has 3 aromatic rings. The number of urea groups is 1. The number of para-hydroxylation sites is 1. The van der Waals surface area contributed by atoms with E-state index in [2.05, 4.69) is 20.9 Å². The number of aromatic amines is 1. The molecule has 1 saturated heterocycles. The van der Waals surface area contributed by atoms with E-state index in [9.17, 15) is 14.4 Å². The van der Waals surface area contributed by atoms with Crippen LogP contribution in [-0.4, -0.2) is 35.4 Å². The molecule has 4 rings (SSSR count). The third-order valence-electron chi connectivity index (χ3n) is 5.30. The van der Waals surface area contributed by atoms with Gasteiger partial charge in [0, 0.05) is 41.0 Å². The highest BCUT2D eigenvalue weighted by molar-refractivity contribution is 6.31. The molecule has 154 valence electrons. The minimum atomic E-state index is -0.670. The van der Waals surface area contributed by atoms with Crippen LogP contribution in [0.1, 0.15) is 29.9 Å². The van der Waals surface area contributed by atoms with Gasteiger partial charge in [-0.3, -0.25) is 14.9 Å². The monoisotopic (exact) mass is 424 g/mol. The summed E-state index contributed by atoms with van der Waals surface area (Å²) in [6.07, 6.45) is 2.32. The smallest absolute Gasteiger partial charge is 0.322 e. The molecule has 0 aliphatic carbocycles. The predicted molar refractivity (Wildman–Crippen MR) is 114 cm³/mol. The number of amides is 4. The summed E-state index contributed by atoms with van der Waals surface area (Å²) in [5.41, 5.74) is 2.98. The van der Waals surface area contributed by atoms with Gasteiger partial charge < -0.3 is 15.6 Å². The lowest BCUT2D eigenvalue weighted by atomic mass is 9.90. The molecule has 0 unspecified atom stereocenters. The van der Waals surface area contributed by atoms with Gasteiger partial charge in [0.05, 0.1) is 0 Å². The summed E-state index contributed by atoms with van der Waals surface area (Å²) in [6.45, 7) is 0.355. The van der Waals surface area contributed by atoms with Crippen LogP contribution in [-0.2, 0) is 9.59 Å². The number of imide groups is 1. The van der Waals surface area contributed by atoms with Gasteiger partial charge in [-0.2, -0.15) is 0 Å². The van der Waals surface area contributed by atoms with E-state index < -0.39 is 18.0 Å². The molecule has 0 saturated carbocycles. The molecule has 8 heteroatoms. The van der Waals surface area contributed by atoms with Gasteiger partial charge in [-0.25, -0.2) is 4.79 Å². The fourth-order valence-corrected chi connectivity index (χ4v) is 4.04. The number of carbonyl (C=O) groups is 3. The van der Waals surface area contributed by atoms with Crippen LogP contribution in [0.4, 0.5) is 4.79 Å². The van der Waals surface area contributed by atoms with Gasteiger partial charge in [-0.15, -0.1) is 0 Å². The highest BCUT2D eigenvalue weighted by Crippen LogP contribution is 2.34. The molecule has 0 bridgehead atoms. The molecule has 0 radical (unpaired) electrons. The molecule has 1 aliphatic heterocycles. The summed E-state index contributed by atoms with van der Waals surface area (Å²) in [7, 11) is 0. The van der Waals surface area contributed by atoms with Crippen molar-refractivity contribution in [2.24, 2.45) is 0 Å². The first-order chi connectivity index (χ1) is 14.5. The van der Waals surface area contributed by atoms with Crippen LogP contribution in [0.25, 0.3) is 10.9 Å². The third kappa shape index (κ3) is 4.16. The Morgan fingerprint density at radius 2 is 1.83 bits per heavy atom. The molecule has 1 fully saturated rings. The van der Waals surface area contributed by atoms with Crippen molar-refractivity contribution in [2.45, 2.75) is 24.8 Å². The lowest BCUT2D eigenvalue weighted by molar-refractivity contribution is -0.122. The standard InChI is InChI=1S/C22H21ClN4O3/c23-17-7-3-1-5-13(17)15(16-11-24-18-8-4-2-6-14(16)18)12-25-20(28)10-9-19-21(29)27-22(30)26-19/h1-8,11,15,19,24H,9-10,12H2,(H,25,28)(H2,26,27,29,30)/t15-,19+/m1/s1. The highest BCUT2D eigenvalue weighted by Gasteiger charge is 2.29. The quantitative estimate of drug-likeness (QED) is 0.438. The topological polar surface area (TPSA) is 103 Å². The van der Waals surface area contributed by atoms with Crippen molar-refractivity contribution >= 4 is 40.3 Å². The predicted octanol–water partition coefficient (Wildman–Crippen LogP) is 3.06. The van der Waals surface area contributed by atoms with E-state index in [-0.39, 0.29) is 24.7 Å². The Hall–Kier alpha value is -3.32. The first kappa shape index (κ1) is 20.0. The van der Waals surface area contributed by atoms with Crippen molar-refractivity contribution in [1.29, 1.82) is 0 Å². The van der Waals surface area contributed by atoms with Crippen molar-refractivity contribution in [3.63, 3.8) is 0 Å². The van der Waals surface area contributed by atoms with Crippen molar-refractivity contribution < 1.29 is 14.4 Å². The first-order valence-corrected chi connectivity index (χ1v) is 10.1. The van der Waals surface area contributed by atoms with Crippen LogP contribution in [0, 0.1) is 0 Å². The number of hydrogen-bond acceptors (Lipinski definition) is 3. The number of aromatic nitrogens is 1. The Morgan fingerprint density at radius 1 is 1.07 bits per heavy atom. The number of hydrogen-bond donors (Lipinski definition) is 4. The fourth-order valence-electron chi connectivity index (χ4n) is 3.77. The molecule has 0 spiro atoms. The number of nitrogens with one attached hydrogen (secondary N) is 4. The second kappa shape index (κ2) is 8.59. The average molecular weight is 425 g/mol. The number of fused-ring (bicyclic) bond motifs is 1. The summed E-state index contributed by atoms with van der Waals surface area (Å²) in [6, 6.07) is 14.4. The van der Waals surface area contributed by atoms with E-state index in [1.807, 2.05) is 54.7 Å². The average Bonchev–Trinajstić information content (AvgIpc) is 3.30. The normalized spacial score (nSPS) is 16.9. The Labute approximate surface area is 178 Å². The molecule has 4 amide bonds. The lowest BCUT2D eigenvalue weighted by Crippen LogP contribution is -2.33. The van der Waals surface area contributed by atoms with Crippen LogP contribution in [0.3, 0.4) is 0 Å². The zero-order chi connectivity index (χ0) is 21.1. The van der Waals surface area contributed by atoms with Gasteiger partial charge in [0.2, 0.25) is 5.91 Å². The molecule has 1 aromatic heterocycles. The van der Waals surface area contributed by atoms with Crippen molar-refractivity contribution in [3.8, 4) is 0 Å². The lowest BCUT2D eigenvalue weighted by Gasteiger charge is -2.19. The molecule has 7 nitrogen and oxygen atoms in total. The molecule has 30 heavy (non-hydrogen) atoms. The minimum absolute atomic E-state index is 0.126. The van der Waals surface area contributed by atoms with E-state index in [4.69, 9.17) is 11.6 Å². The summed E-state index contributed by atoms with van der Waals surface area (Å²) in [5.74, 6) is -0.741. The van der Waals surface area contributed by atoms with Crippen LogP contribution < -0.4 is 16.0 Å². The summed E-state index contributed by atoms with van der Waals surface area (Å²) in [4.78, 5) is 38.5.